The van der Waals surface area contributed by atoms with Crippen LogP contribution < -0.4 is 5.73 Å². The van der Waals surface area contributed by atoms with E-state index in [0.29, 0.717) is 49.9 Å². The normalized spacial score (nSPS) is 22.8. The Labute approximate surface area is 202 Å². The summed E-state index contributed by atoms with van der Waals surface area (Å²) in [5.41, 5.74) is -0.742. The van der Waals surface area contributed by atoms with Gasteiger partial charge in [-0.3, -0.25) is 9.69 Å². The number of fused-ring (bicyclic) bond motifs is 3. The number of carbonyl (C=O) groups is 1. The number of aryl methyl sites for hydroxylation is 2. The Morgan fingerprint density at radius 1 is 1.00 bits per heavy atom. The molecule has 2 aromatic carbocycles. The maximum Gasteiger partial charge on any atom is 0.435 e. The number of alkyl halides is 7. The van der Waals surface area contributed by atoms with Crippen LogP contribution in [0.3, 0.4) is 0 Å². The smallest absolute Gasteiger partial charge is 0.369 e. The monoisotopic (exact) mass is 520 g/mol. The van der Waals surface area contributed by atoms with Crippen LogP contribution in [0.2, 0.25) is 0 Å². The van der Waals surface area contributed by atoms with Crippen LogP contribution >= 0.6 is 0 Å². The summed E-state index contributed by atoms with van der Waals surface area (Å²) in [7, 11) is 0. The van der Waals surface area contributed by atoms with Crippen LogP contribution in [-0.2, 0) is 28.7 Å². The highest BCUT2D eigenvalue weighted by atomic mass is 19.4. The molecule has 2 N–H and O–H groups in total. The van der Waals surface area contributed by atoms with E-state index in [1.807, 2.05) is 4.90 Å². The predicted molar refractivity (Wildman–Crippen MR) is 115 cm³/mol. The van der Waals surface area contributed by atoms with E-state index in [-0.39, 0.29) is 24.6 Å². The van der Waals surface area contributed by atoms with Gasteiger partial charge >= 0.3 is 18.0 Å². The summed E-state index contributed by atoms with van der Waals surface area (Å²) in [6, 6.07) is 8.00. The molecule has 11 heteroatoms. The molecule has 2 atom stereocenters. The van der Waals surface area contributed by atoms with Crippen molar-refractivity contribution in [1.82, 2.24) is 4.90 Å². The van der Waals surface area contributed by atoms with Crippen molar-refractivity contribution >= 4 is 5.91 Å². The molecule has 2 aliphatic rings. The molecule has 0 aromatic heterocycles. The number of halogens is 8. The van der Waals surface area contributed by atoms with Crippen LogP contribution in [0, 0.1) is 5.82 Å². The minimum Gasteiger partial charge on any atom is -0.369 e. The molecule has 1 fully saturated rings. The Morgan fingerprint density at radius 3 is 2.22 bits per heavy atom. The molecule has 1 aliphatic heterocycles. The number of amides is 1. The topological polar surface area (TPSA) is 46.3 Å². The standard InChI is InChI=1S/C25H24F8N2O/c26-18-5-1-15(2-6-18)9-10-22-11-12-35(14-21(34)36)20(22)8-3-16-13-17(4-7-19(16)22)23(27,24(28,29)30)25(31,32)33/h1-2,4-7,13,20H,3,8-12,14H2,(H2,34,36)/t20-,22+/m1/s1. The molecule has 0 radical (unpaired) electrons. The lowest BCUT2D eigenvalue weighted by Crippen LogP contribution is -2.51. The quantitative estimate of drug-likeness (QED) is 0.512. The minimum absolute atomic E-state index is 0.0356. The van der Waals surface area contributed by atoms with E-state index in [1.54, 1.807) is 12.1 Å². The van der Waals surface area contributed by atoms with E-state index in [1.165, 1.54) is 18.2 Å². The van der Waals surface area contributed by atoms with Gasteiger partial charge < -0.3 is 5.73 Å². The lowest BCUT2D eigenvalue weighted by atomic mass is 9.63. The van der Waals surface area contributed by atoms with E-state index in [9.17, 15) is 39.9 Å². The van der Waals surface area contributed by atoms with Gasteiger partial charge in [0.2, 0.25) is 5.91 Å². The first-order valence-electron chi connectivity index (χ1n) is 11.4. The number of carbonyl (C=O) groups excluding carboxylic acids is 1. The van der Waals surface area contributed by atoms with Gasteiger partial charge in [0, 0.05) is 17.0 Å². The van der Waals surface area contributed by atoms with Crippen molar-refractivity contribution in [3.8, 4) is 0 Å². The first kappa shape index (κ1) is 26.4. The van der Waals surface area contributed by atoms with Crippen molar-refractivity contribution in [2.45, 2.75) is 61.6 Å². The third kappa shape index (κ3) is 4.35. The van der Waals surface area contributed by atoms with Crippen molar-refractivity contribution in [2.75, 3.05) is 13.1 Å². The zero-order chi connectivity index (χ0) is 26.5. The Kier molecular flexibility index (Phi) is 6.60. The van der Waals surface area contributed by atoms with Crippen molar-refractivity contribution < 1.29 is 39.9 Å². The molecule has 1 saturated heterocycles. The maximum absolute atomic E-state index is 14.7. The van der Waals surface area contributed by atoms with Crippen LogP contribution in [0.15, 0.2) is 42.5 Å². The lowest BCUT2D eigenvalue weighted by Gasteiger charge is -2.44. The van der Waals surface area contributed by atoms with Crippen LogP contribution in [-0.4, -0.2) is 42.3 Å². The molecule has 36 heavy (non-hydrogen) atoms. The number of primary amides is 1. The SMILES string of the molecule is NC(=O)CN1CC[C@@]2(CCc3ccc(F)cc3)c3ccc(C(F)(C(F)(F)F)C(F)(F)F)cc3CC[C@@H]12. The van der Waals surface area contributed by atoms with Gasteiger partial charge in [-0.2, -0.15) is 26.3 Å². The molecule has 0 unspecified atom stereocenters. The van der Waals surface area contributed by atoms with E-state index in [2.05, 4.69) is 0 Å². The number of rotatable bonds is 6. The summed E-state index contributed by atoms with van der Waals surface area (Å²) in [5.74, 6) is -0.967. The molecular weight excluding hydrogens is 496 g/mol. The average molecular weight is 520 g/mol. The number of nitrogens with two attached hydrogens (primary N) is 1. The van der Waals surface area contributed by atoms with Gasteiger partial charge in [0.15, 0.2) is 0 Å². The maximum atomic E-state index is 14.7. The van der Waals surface area contributed by atoms with Gasteiger partial charge in [-0.1, -0.05) is 30.3 Å². The predicted octanol–water partition coefficient (Wildman–Crippen LogP) is 5.49. The van der Waals surface area contributed by atoms with E-state index in [0.717, 1.165) is 5.56 Å². The second-order valence-electron chi connectivity index (χ2n) is 9.55. The minimum atomic E-state index is -6.19. The molecule has 0 spiro atoms. The van der Waals surface area contributed by atoms with Crippen molar-refractivity contribution in [3.63, 3.8) is 0 Å². The zero-order valence-corrected chi connectivity index (χ0v) is 19.0. The molecule has 0 bridgehead atoms. The summed E-state index contributed by atoms with van der Waals surface area (Å²) < 4.78 is 108. The Hall–Kier alpha value is -2.69. The van der Waals surface area contributed by atoms with Crippen molar-refractivity contribution in [1.29, 1.82) is 0 Å². The van der Waals surface area contributed by atoms with Gasteiger partial charge in [-0.15, -0.1) is 0 Å². The number of nitrogens with zero attached hydrogens (tertiary/aromatic N) is 1. The molecule has 1 amide bonds. The van der Waals surface area contributed by atoms with Gasteiger partial charge in [-0.25, -0.2) is 8.78 Å². The summed E-state index contributed by atoms with van der Waals surface area (Å²) in [4.78, 5) is 13.5. The molecular formula is C25H24F8N2O. The number of hydrogen-bond acceptors (Lipinski definition) is 2. The van der Waals surface area contributed by atoms with E-state index < -0.39 is 40.7 Å². The van der Waals surface area contributed by atoms with Gasteiger partial charge in [0.05, 0.1) is 6.54 Å². The number of benzene rings is 2. The van der Waals surface area contributed by atoms with Crippen LogP contribution in [0.5, 0.6) is 0 Å². The van der Waals surface area contributed by atoms with Gasteiger partial charge in [-0.05, 0) is 67.5 Å². The van der Waals surface area contributed by atoms with Crippen molar-refractivity contribution in [3.05, 3.63) is 70.5 Å². The van der Waals surface area contributed by atoms with E-state index in [4.69, 9.17) is 5.73 Å². The Balaban J connectivity index is 1.77. The highest BCUT2D eigenvalue weighted by Crippen LogP contribution is 2.55. The molecule has 196 valence electrons. The largest absolute Gasteiger partial charge is 0.435 e. The summed E-state index contributed by atoms with van der Waals surface area (Å²) in [6.07, 6.45) is -10.5. The third-order valence-corrected chi connectivity index (χ3v) is 7.56. The van der Waals surface area contributed by atoms with Crippen LogP contribution in [0.1, 0.15) is 41.5 Å². The molecule has 1 heterocycles. The van der Waals surface area contributed by atoms with Crippen molar-refractivity contribution in [2.24, 2.45) is 5.73 Å². The summed E-state index contributed by atoms with van der Waals surface area (Å²) in [6.45, 7) is 0.419. The van der Waals surface area contributed by atoms with Crippen LogP contribution in [0.25, 0.3) is 0 Å². The second-order valence-corrected chi connectivity index (χ2v) is 9.55. The molecule has 4 rings (SSSR count). The number of hydrogen-bond donors (Lipinski definition) is 1. The highest BCUT2D eigenvalue weighted by Gasteiger charge is 2.73. The third-order valence-electron chi connectivity index (χ3n) is 7.56. The fraction of sp³-hybridized carbons (Fsp3) is 0.480. The number of likely N-dealkylation sites (tertiary alicyclic amines) is 1. The zero-order valence-electron chi connectivity index (χ0n) is 19.0. The second kappa shape index (κ2) is 9.00. The molecule has 1 aliphatic carbocycles. The fourth-order valence-corrected chi connectivity index (χ4v) is 5.90. The average Bonchev–Trinajstić information content (AvgIpc) is 3.14. The first-order chi connectivity index (χ1) is 16.7. The van der Waals surface area contributed by atoms with Gasteiger partial charge in [0.25, 0.3) is 0 Å². The van der Waals surface area contributed by atoms with Gasteiger partial charge in [0.1, 0.15) is 5.82 Å². The highest BCUT2D eigenvalue weighted by molar-refractivity contribution is 5.76. The Morgan fingerprint density at radius 2 is 1.64 bits per heavy atom. The first-order valence-corrected chi connectivity index (χ1v) is 11.4. The molecule has 2 aromatic rings. The lowest BCUT2D eigenvalue weighted by molar-refractivity contribution is -0.348. The summed E-state index contributed by atoms with van der Waals surface area (Å²) >= 11 is 0. The molecule has 3 nitrogen and oxygen atoms in total. The van der Waals surface area contributed by atoms with Crippen LogP contribution in [0.4, 0.5) is 35.1 Å². The molecule has 0 saturated carbocycles. The van der Waals surface area contributed by atoms with E-state index >= 15 is 0 Å². The summed E-state index contributed by atoms with van der Waals surface area (Å²) in [5, 5.41) is 0. The fourth-order valence-electron chi connectivity index (χ4n) is 5.90. The Bertz CT molecular complexity index is 1110.